The largest absolute Gasteiger partial charge is 0.416 e. The number of alkyl halides is 3. The predicted molar refractivity (Wildman–Crippen MR) is 62.0 cm³/mol. The highest BCUT2D eigenvalue weighted by Crippen LogP contribution is 2.29. The van der Waals surface area contributed by atoms with Crippen molar-refractivity contribution < 1.29 is 13.2 Å². The maximum atomic E-state index is 12.4. The number of hydrogen-bond donors (Lipinski definition) is 1. The van der Waals surface area contributed by atoms with Gasteiger partial charge in [-0.2, -0.15) is 13.2 Å². The molecule has 0 aliphatic rings. The minimum atomic E-state index is -4.29. The fourth-order valence-corrected chi connectivity index (χ4v) is 1.53. The van der Waals surface area contributed by atoms with E-state index in [2.05, 4.69) is 10.3 Å². The molecule has 0 radical (unpaired) electrons. The molecule has 0 unspecified atom stereocenters. The van der Waals surface area contributed by atoms with Crippen LogP contribution in [-0.2, 0) is 19.8 Å². The average Bonchev–Trinajstić information content (AvgIpc) is 2.72. The number of imidazole rings is 1. The maximum Gasteiger partial charge on any atom is 0.416 e. The summed E-state index contributed by atoms with van der Waals surface area (Å²) in [6.07, 6.45) is -0.851. The fourth-order valence-electron chi connectivity index (χ4n) is 1.53. The standard InChI is InChI=1S/C12H12F3N3/c1-18-7-6-16-11(18)17-8-9-2-4-10(5-3-9)12(13,14)15/h2-7H,8H2,1H3,(H,16,17). The predicted octanol–water partition coefficient (Wildman–Crippen LogP) is 3.05. The summed E-state index contributed by atoms with van der Waals surface area (Å²) in [4.78, 5) is 4.06. The summed E-state index contributed by atoms with van der Waals surface area (Å²) in [5, 5.41) is 3.04. The van der Waals surface area contributed by atoms with Gasteiger partial charge in [-0.15, -0.1) is 0 Å². The highest BCUT2D eigenvalue weighted by Gasteiger charge is 2.29. The number of rotatable bonds is 3. The van der Waals surface area contributed by atoms with Gasteiger partial charge < -0.3 is 9.88 Å². The molecule has 18 heavy (non-hydrogen) atoms. The van der Waals surface area contributed by atoms with Gasteiger partial charge in [0.1, 0.15) is 0 Å². The highest BCUT2D eigenvalue weighted by atomic mass is 19.4. The quantitative estimate of drug-likeness (QED) is 0.913. The molecule has 0 aliphatic carbocycles. The van der Waals surface area contributed by atoms with Gasteiger partial charge in [0, 0.05) is 26.0 Å². The lowest BCUT2D eigenvalue weighted by Gasteiger charge is -2.09. The monoisotopic (exact) mass is 255 g/mol. The van der Waals surface area contributed by atoms with Crippen molar-refractivity contribution in [1.82, 2.24) is 9.55 Å². The molecule has 1 heterocycles. The molecule has 0 bridgehead atoms. The molecule has 0 spiro atoms. The van der Waals surface area contributed by atoms with Crippen LogP contribution in [-0.4, -0.2) is 9.55 Å². The SMILES string of the molecule is Cn1ccnc1NCc1ccc(C(F)(F)F)cc1. The molecule has 1 N–H and O–H groups in total. The summed E-state index contributed by atoms with van der Waals surface area (Å²) in [5.74, 6) is 0.676. The number of nitrogens with zero attached hydrogens (tertiary/aromatic N) is 2. The van der Waals surface area contributed by atoms with Gasteiger partial charge in [-0.1, -0.05) is 12.1 Å². The van der Waals surface area contributed by atoms with Crippen LogP contribution in [0.25, 0.3) is 0 Å². The fraction of sp³-hybridized carbons (Fsp3) is 0.250. The topological polar surface area (TPSA) is 29.9 Å². The third kappa shape index (κ3) is 2.82. The van der Waals surface area contributed by atoms with Crippen molar-refractivity contribution in [2.45, 2.75) is 12.7 Å². The lowest BCUT2D eigenvalue weighted by molar-refractivity contribution is -0.137. The van der Waals surface area contributed by atoms with Crippen molar-refractivity contribution in [2.75, 3.05) is 5.32 Å². The van der Waals surface area contributed by atoms with Crippen LogP contribution in [0, 0.1) is 0 Å². The summed E-state index contributed by atoms with van der Waals surface area (Å²) < 4.78 is 38.9. The van der Waals surface area contributed by atoms with Crippen LogP contribution in [0.3, 0.4) is 0 Å². The molecule has 0 amide bonds. The highest BCUT2D eigenvalue weighted by molar-refractivity contribution is 5.30. The van der Waals surface area contributed by atoms with E-state index < -0.39 is 11.7 Å². The van der Waals surface area contributed by atoms with E-state index >= 15 is 0 Å². The van der Waals surface area contributed by atoms with Crippen LogP contribution in [0.2, 0.25) is 0 Å². The molecular weight excluding hydrogens is 243 g/mol. The van der Waals surface area contributed by atoms with E-state index in [1.54, 1.807) is 17.0 Å². The lowest BCUT2D eigenvalue weighted by Crippen LogP contribution is -2.07. The first-order chi connectivity index (χ1) is 8.47. The molecular formula is C12H12F3N3. The summed E-state index contributed by atoms with van der Waals surface area (Å²) in [5.41, 5.74) is 0.134. The van der Waals surface area contributed by atoms with Crippen molar-refractivity contribution in [2.24, 2.45) is 7.05 Å². The van der Waals surface area contributed by atoms with Crippen molar-refractivity contribution >= 4 is 5.95 Å². The van der Waals surface area contributed by atoms with Crippen LogP contribution >= 0.6 is 0 Å². The number of nitrogens with one attached hydrogen (secondary N) is 1. The molecule has 0 atom stereocenters. The maximum absolute atomic E-state index is 12.4. The van der Waals surface area contributed by atoms with Gasteiger partial charge >= 0.3 is 6.18 Å². The Morgan fingerprint density at radius 3 is 2.39 bits per heavy atom. The second-order valence-corrected chi connectivity index (χ2v) is 3.91. The molecule has 0 saturated carbocycles. The summed E-state index contributed by atoms with van der Waals surface area (Å²) in [7, 11) is 1.84. The number of hydrogen-bond acceptors (Lipinski definition) is 2. The van der Waals surface area contributed by atoms with Crippen LogP contribution in [0.1, 0.15) is 11.1 Å². The van der Waals surface area contributed by atoms with Gasteiger partial charge in [0.2, 0.25) is 5.95 Å². The van der Waals surface area contributed by atoms with Crippen molar-refractivity contribution in [3.05, 3.63) is 47.8 Å². The lowest BCUT2D eigenvalue weighted by atomic mass is 10.1. The Labute approximate surface area is 102 Å². The molecule has 0 saturated heterocycles. The first kappa shape index (κ1) is 12.5. The first-order valence-electron chi connectivity index (χ1n) is 5.34. The molecule has 1 aromatic heterocycles. The van der Waals surface area contributed by atoms with E-state index in [1.807, 2.05) is 7.05 Å². The Hall–Kier alpha value is -1.98. The normalized spacial score (nSPS) is 11.6. The summed E-state index contributed by atoms with van der Waals surface area (Å²) in [6, 6.07) is 5.07. The summed E-state index contributed by atoms with van der Waals surface area (Å²) in [6.45, 7) is 0.434. The third-order valence-corrected chi connectivity index (χ3v) is 2.55. The van der Waals surface area contributed by atoms with Gasteiger partial charge in [-0.05, 0) is 17.7 Å². The third-order valence-electron chi connectivity index (χ3n) is 2.55. The Kier molecular flexibility index (Phi) is 3.27. The number of aryl methyl sites for hydroxylation is 1. The van der Waals surface area contributed by atoms with Crippen molar-refractivity contribution in [3.63, 3.8) is 0 Å². The zero-order valence-corrected chi connectivity index (χ0v) is 9.70. The van der Waals surface area contributed by atoms with E-state index in [0.717, 1.165) is 17.7 Å². The number of halogens is 3. The van der Waals surface area contributed by atoms with Crippen molar-refractivity contribution in [1.29, 1.82) is 0 Å². The number of aromatic nitrogens is 2. The number of benzene rings is 1. The minimum absolute atomic E-state index is 0.434. The van der Waals surface area contributed by atoms with Gasteiger partial charge in [0.15, 0.2) is 0 Å². The van der Waals surface area contributed by atoms with E-state index in [4.69, 9.17) is 0 Å². The van der Waals surface area contributed by atoms with Crippen LogP contribution < -0.4 is 5.32 Å². The molecule has 0 aliphatic heterocycles. The Morgan fingerprint density at radius 2 is 1.89 bits per heavy atom. The Morgan fingerprint density at radius 1 is 1.22 bits per heavy atom. The molecule has 2 rings (SSSR count). The van der Waals surface area contributed by atoms with Gasteiger partial charge in [-0.3, -0.25) is 0 Å². The second-order valence-electron chi connectivity index (χ2n) is 3.91. The van der Waals surface area contributed by atoms with E-state index in [1.165, 1.54) is 12.1 Å². The summed E-state index contributed by atoms with van der Waals surface area (Å²) >= 11 is 0. The molecule has 3 nitrogen and oxygen atoms in total. The molecule has 96 valence electrons. The zero-order chi connectivity index (χ0) is 13.2. The Bertz CT molecular complexity index is 514. The van der Waals surface area contributed by atoms with E-state index in [0.29, 0.717) is 12.5 Å². The average molecular weight is 255 g/mol. The smallest absolute Gasteiger partial charge is 0.352 e. The van der Waals surface area contributed by atoms with Crippen LogP contribution in [0.15, 0.2) is 36.7 Å². The van der Waals surface area contributed by atoms with E-state index in [9.17, 15) is 13.2 Å². The van der Waals surface area contributed by atoms with Gasteiger partial charge in [0.05, 0.1) is 5.56 Å². The molecule has 2 aromatic rings. The Balaban J connectivity index is 2.01. The molecule has 6 heteroatoms. The van der Waals surface area contributed by atoms with E-state index in [-0.39, 0.29) is 0 Å². The van der Waals surface area contributed by atoms with Gasteiger partial charge in [-0.25, -0.2) is 4.98 Å². The first-order valence-corrected chi connectivity index (χ1v) is 5.34. The number of anilines is 1. The van der Waals surface area contributed by atoms with Crippen LogP contribution in [0.4, 0.5) is 19.1 Å². The zero-order valence-electron chi connectivity index (χ0n) is 9.70. The minimum Gasteiger partial charge on any atom is -0.352 e. The molecule has 0 fully saturated rings. The second kappa shape index (κ2) is 4.72. The van der Waals surface area contributed by atoms with Crippen LogP contribution in [0.5, 0.6) is 0 Å². The molecule has 1 aromatic carbocycles. The van der Waals surface area contributed by atoms with Crippen molar-refractivity contribution in [3.8, 4) is 0 Å². The van der Waals surface area contributed by atoms with Gasteiger partial charge in [0.25, 0.3) is 0 Å².